The minimum atomic E-state index is -0.547. The van der Waals surface area contributed by atoms with E-state index in [0.29, 0.717) is 25.2 Å². The monoisotopic (exact) mass is 401 g/mol. The smallest absolute Gasteiger partial charge is 0.317 e. The van der Waals surface area contributed by atoms with E-state index in [-0.39, 0.29) is 0 Å². The van der Waals surface area contributed by atoms with Gasteiger partial charge < -0.3 is 9.47 Å². The van der Waals surface area contributed by atoms with E-state index in [2.05, 4.69) is 44.8 Å². The first-order valence-electron chi connectivity index (χ1n) is 7.46. The maximum Gasteiger partial charge on any atom is 0.317 e. The number of rotatable bonds is 8. The topological polar surface area (TPSA) is 49.2 Å². The number of aromatic nitrogens is 3. The van der Waals surface area contributed by atoms with Gasteiger partial charge in [0.2, 0.25) is 0 Å². The molecule has 0 N–H and O–H groups in total. The molecule has 0 radical (unpaired) electrons. The zero-order chi connectivity index (χ0) is 16.9. The highest BCUT2D eigenvalue weighted by Crippen LogP contribution is 2.33. The molecule has 0 aliphatic heterocycles. The molecule has 0 saturated carbocycles. The molecule has 7 heteroatoms. The molecule has 128 valence electrons. The average molecular weight is 402 g/mol. The van der Waals surface area contributed by atoms with Gasteiger partial charge in [-0.1, -0.05) is 28.1 Å². The van der Waals surface area contributed by atoms with Crippen LogP contribution in [0.3, 0.4) is 0 Å². The van der Waals surface area contributed by atoms with Crippen LogP contribution in [0.2, 0.25) is 0 Å². The summed E-state index contributed by atoms with van der Waals surface area (Å²) in [6.07, 6.45) is 6.84. The van der Waals surface area contributed by atoms with E-state index in [0.717, 1.165) is 22.4 Å². The maximum atomic E-state index is 5.74. The first kappa shape index (κ1) is 18.3. The lowest BCUT2D eigenvalue weighted by molar-refractivity contribution is 0.0722. The summed E-state index contributed by atoms with van der Waals surface area (Å²) in [6, 6.07) is 8.39. The summed E-state index contributed by atoms with van der Waals surface area (Å²) >= 11 is 3.43. The summed E-state index contributed by atoms with van der Waals surface area (Å²) < 4.78 is 14.0. The number of hydrogen-bond acceptors (Lipinski definition) is 4. The van der Waals surface area contributed by atoms with E-state index >= 15 is 0 Å². The fourth-order valence-electron chi connectivity index (χ4n) is 1.83. The second kappa shape index (κ2) is 8.17. The Morgan fingerprint density at radius 3 is 2.48 bits per heavy atom. The molecule has 0 amide bonds. The minimum Gasteiger partial charge on any atom is -0.464 e. The van der Waals surface area contributed by atoms with Crippen molar-refractivity contribution < 1.29 is 9.47 Å². The number of ether oxygens (including phenoxy) is 2. The second-order valence-corrected chi connectivity index (χ2v) is 11.5. The third kappa shape index (κ3) is 5.82. The first-order chi connectivity index (χ1) is 10.9. The molecular weight excluding hydrogens is 378 g/mol. The van der Waals surface area contributed by atoms with Gasteiger partial charge in [-0.15, -0.1) is 5.10 Å². The second-order valence-electron chi connectivity index (χ2n) is 5.99. The standard InChI is InChI=1S/C16H24BrN3O2S/c1-5-22-16-18-15(13-6-8-14(17)9-7-13)19-20(16)12-21-10-11-23(2,3)4/h6-9H,5,10-12H2,1-4H3. The van der Waals surface area contributed by atoms with Crippen LogP contribution in [-0.2, 0) is 11.5 Å². The van der Waals surface area contributed by atoms with Crippen LogP contribution in [0.1, 0.15) is 6.92 Å². The van der Waals surface area contributed by atoms with E-state index in [1.807, 2.05) is 31.2 Å². The Morgan fingerprint density at radius 2 is 1.87 bits per heavy atom. The molecule has 0 saturated heterocycles. The van der Waals surface area contributed by atoms with Gasteiger partial charge in [-0.3, -0.25) is 0 Å². The summed E-state index contributed by atoms with van der Waals surface area (Å²) in [6.45, 7) is 3.55. The van der Waals surface area contributed by atoms with Gasteiger partial charge in [0.15, 0.2) is 5.82 Å². The van der Waals surface area contributed by atoms with E-state index in [1.54, 1.807) is 4.68 Å². The van der Waals surface area contributed by atoms with Crippen LogP contribution in [0.25, 0.3) is 11.4 Å². The molecule has 0 aliphatic carbocycles. The first-order valence-corrected chi connectivity index (χ1v) is 11.3. The molecule has 0 atom stereocenters. The third-order valence-electron chi connectivity index (χ3n) is 3.07. The Balaban J connectivity index is 2.07. The zero-order valence-corrected chi connectivity index (χ0v) is 16.5. The van der Waals surface area contributed by atoms with E-state index < -0.39 is 10.0 Å². The van der Waals surface area contributed by atoms with Crippen LogP contribution in [-0.4, -0.2) is 52.5 Å². The SMILES string of the molecule is CCOc1nc(-c2ccc(Br)cc2)nn1COCCS(C)(C)C. The number of nitrogens with zero attached hydrogens (tertiary/aromatic N) is 3. The van der Waals surface area contributed by atoms with E-state index in [1.165, 1.54) is 0 Å². The van der Waals surface area contributed by atoms with Gasteiger partial charge in [0, 0.05) is 15.8 Å². The zero-order valence-electron chi connectivity index (χ0n) is 14.1. The highest BCUT2D eigenvalue weighted by molar-refractivity contribution is 9.10. The molecule has 5 nitrogen and oxygen atoms in total. The van der Waals surface area contributed by atoms with Crippen molar-refractivity contribution in [1.82, 2.24) is 14.8 Å². The molecule has 2 rings (SSSR count). The normalized spacial score (nSPS) is 12.4. The van der Waals surface area contributed by atoms with Crippen molar-refractivity contribution in [2.45, 2.75) is 13.7 Å². The summed E-state index contributed by atoms with van der Waals surface area (Å²) in [7, 11) is -0.547. The number of hydrogen-bond donors (Lipinski definition) is 0. The van der Waals surface area contributed by atoms with Crippen molar-refractivity contribution in [3.8, 4) is 17.4 Å². The molecule has 2 aromatic rings. The summed E-state index contributed by atoms with van der Waals surface area (Å²) in [4.78, 5) is 4.47. The van der Waals surface area contributed by atoms with Crippen LogP contribution in [0.5, 0.6) is 6.01 Å². The minimum absolute atomic E-state index is 0.356. The molecule has 0 aliphatic rings. The quantitative estimate of drug-likeness (QED) is 0.631. The highest BCUT2D eigenvalue weighted by Gasteiger charge is 2.13. The van der Waals surface area contributed by atoms with Gasteiger partial charge in [-0.05, 0) is 37.8 Å². The van der Waals surface area contributed by atoms with Crippen LogP contribution in [0.4, 0.5) is 0 Å². The fourth-order valence-corrected chi connectivity index (χ4v) is 2.71. The van der Waals surface area contributed by atoms with Crippen molar-refractivity contribution in [1.29, 1.82) is 0 Å². The van der Waals surface area contributed by atoms with Crippen molar-refractivity contribution in [2.24, 2.45) is 0 Å². The van der Waals surface area contributed by atoms with Crippen molar-refractivity contribution in [3.63, 3.8) is 0 Å². The van der Waals surface area contributed by atoms with Crippen molar-refractivity contribution in [3.05, 3.63) is 28.7 Å². The molecule has 0 unspecified atom stereocenters. The fraction of sp³-hybridized carbons (Fsp3) is 0.500. The predicted octanol–water partition coefficient (Wildman–Crippen LogP) is 3.77. The van der Waals surface area contributed by atoms with Crippen LogP contribution in [0.15, 0.2) is 28.7 Å². The van der Waals surface area contributed by atoms with Gasteiger partial charge in [-0.25, -0.2) is 10.0 Å². The summed E-state index contributed by atoms with van der Waals surface area (Å²) in [5.74, 6) is 1.72. The molecule has 23 heavy (non-hydrogen) atoms. The number of benzene rings is 1. The van der Waals surface area contributed by atoms with Gasteiger partial charge in [-0.2, -0.15) is 9.67 Å². The molecule has 1 aromatic carbocycles. The third-order valence-corrected chi connectivity index (χ3v) is 4.99. The van der Waals surface area contributed by atoms with Crippen LogP contribution < -0.4 is 4.74 Å². The number of halogens is 1. The van der Waals surface area contributed by atoms with Crippen molar-refractivity contribution >= 4 is 26.0 Å². The van der Waals surface area contributed by atoms with Crippen molar-refractivity contribution in [2.75, 3.05) is 37.7 Å². The van der Waals surface area contributed by atoms with Crippen LogP contribution in [0, 0.1) is 0 Å². The van der Waals surface area contributed by atoms with E-state index in [4.69, 9.17) is 9.47 Å². The molecular formula is C16H24BrN3O2S. The van der Waals surface area contributed by atoms with E-state index in [9.17, 15) is 0 Å². The lowest BCUT2D eigenvalue weighted by Gasteiger charge is -2.24. The lowest BCUT2D eigenvalue weighted by Crippen LogP contribution is -2.12. The van der Waals surface area contributed by atoms with Crippen LogP contribution >= 0.6 is 26.0 Å². The van der Waals surface area contributed by atoms with Gasteiger partial charge in [0.05, 0.1) is 13.2 Å². The maximum absolute atomic E-state index is 5.74. The molecule has 0 spiro atoms. The molecule has 0 bridgehead atoms. The van der Waals surface area contributed by atoms with Gasteiger partial charge >= 0.3 is 6.01 Å². The lowest BCUT2D eigenvalue weighted by atomic mass is 10.2. The largest absolute Gasteiger partial charge is 0.464 e. The predicted molar refractivity (Wildman–Crippen MR) is 101 cm³/mol. The Hall–Kier alpha value is -1.05. The van der Waals surface area contributed by atoms with Gasteiger partial charge in [0.1, 0.15) is 6.73 Å². The Labute approximate surface area is 147 Å². The summed E-state index contributed by atoms with van der Waals surface area (Å²) in [5, 5.41) is 4.51. The molecule has 1 aromatic heterocycles. The molecule has 0 fully saturated rings. The summed E-state index contributed by atoms with van der Waals surface area (Å²) in [5.41, 5.74) is 0.951. The highest BCUT2D eigenvalue weighted by atomic mass is 79.9. The average Bonchev–Trinajstić information content (AvgIpc) is 2.87. The van der Waals surface area contributed by atoms with Gasteiger partial charge in [0.25, 0.3) is 0 Å². The Kier molecular flexibility index (Phi) is 6.50. The Morgan fingerprint density at radius 1 is 1.17 bits per heavy atom. The molecule has 1 heterocycles. The Bertz CT molecular complexity index is 623.